The van der Waals surface area contributed by atoms with Crippen LogP contribution >= 0.6 is 11.6 Å². The zero-order valence-electron chi connectivity index (χ0n) is 16.6. The second-order valence-corrected chi connectivity index (χ2v) is 7.83. The number of hydrogen-bond acceptors (Lipinski definition) is 3. The number of carbonyl (C=O) groups is 1. The summed E-state index contributed by atoms with van der Waals surface area (Å²) in [5, 5.41) is 1.71. The number of piperidine rings is 1. The monoisotopic (exact) mass is 408 g/mol. The van der Waals surface area contributed by atoms with Gasteiger partial charge in [-0.05, 0) is 55.5 Å². The number of benzene rings is 2. The van der Waals surface area contributed by atoms with Crippen LogP contribution in [0.4, 0.5) is 0 Å². The highest BCUT2D eigenvalue weighted by Crippen LogP contribution is 2.34. The Hall–Kier alpha value is -2.59. The van der Waals surface area contributed by atoms with Gasteiger partial charge in [-0.3, -0.25) is 9.78 Å². The SMILES string of the molecule is CCC(Oc1ccc2c(-c3ccccc3Cl)ccnc2c1)C(=O)N1CCCCC1. The lowest BCUT2D eigenvalue weighted by Gasteiger charge is -2.30. The number of amides is 1. The molecule has 0 radical (unpaired) electrons. The molecule has 1 saturated heterocycles. The van der Waals surface area contributed by atoms with Crippen LogP contribution in [0.25, 0.3) is 22.0 Å². The quantitative estimate of drug-likeness (QED) is 0.541. The van der Waals surface area contributed by atoms with E-state index < -0.39 is 6.10 Å². The molecule has 1 aliphatic rings. The van der Waals surface area contributed by atoms with E-state index in [1.807, 2.05) is 60.4 Å². The Balaban J connectivity index is 1.60. The van der Waals surface area contributed by atoms with Crippen molar-refractivity contribution in [1.29, 1.82) is 0 Å². The minimum absolute atomic E-state index is 0.0880. The maximum Gasteiger partial charge on any atom is 0.263 e. The number of halogens is 1. The van der Waals surface area contributed by atoms with E-state index in [4.69, 9.17) is 16.3 Å². The lowest BCUT2D eigenvalue weighted by Crippen LogP contribution is -2.44. The standard InChI is InChI=1S/C24H25ClN2O2/c1-2-23(24(28)27-14-6-3-7-15-27)29-17-10-11-20-18(12-13-26-22(20)16-17)19-8-4-5-9-21(19)25/h4-5,8-13,16,23H,2-3,6-7,14-15H2,1H3. The molecule has 150 valence electrons. The van der Waals surface area contributed by atoms with Crippen molar-refractivity contribution in [2.45, 2.75) is 38.7 Å². The lowest BCUT2D eigenvalue weighted by molar-refractivity contribution is -0.139. The summed E-state index contributed by atoms with van der Waals surface area (Å²) in [5.41, 5.74) is 2.82. The molecule has 1 amide bonds. The fraction of sp³-hybridized carbons (Fsp3) is 0.333. The van der Waals surface area contributed by atoms with Crippen LogP contribution in [0.15, 0.2) is 54.7 Å². The fourth-order valence-corrected chi connectivity index (χ4v) is 4.14. The summed E-state index contributed by atoms with van der Waals surface area (Å²) in [6.45, 7) is 3.65. The predicted octanol–water partition coefficient (Wildman–Crippen LogP) is 5.73. The molecule has 0 N–H and O–H groups in total. The Morgan fingerprint density at radius 3 is 2.66 bits per heavy atom. The third kappa shape index (κ3) is 4.23. The van der Waals surface area contributed by atoms with E-state index in [0.29, 0.717) is 17.2 Å². The molecule has 0 saturated carbocycles. The molecular weight excluding hydrogens is 384 g/mol. The highest BCUT2D eigenvalue weighted by atomic mass is 35.5. The van der Waals surface area contributed by atoms with Crippen LogP contribution in [0.5, 0.6) is 5.75 Å². The van der Waals surface area contributed by atoms with Crippen molar-refractivity contribution < 1.29 is 9.53 Å². The number of fused-ring (bicyclic) bond motifs is 1. The van der Waals surface area contributed by atoms with E-state index >= 15 is 0 Å². The molecule has 0 aliphatic carbocycles. The largest absolute Gasteiger partial charge is 0.481 e. The number of rotatable bonds is 5. The smallest absolute Gasteiger partial charge is 0.263 e. The van der Waals surface area contributed by atoms with Crippen LogP contribution in [-0.4, -0.2) is 35.0 Å². The van der Waals surface area contributed by atoms with Crippen molar-refractivity contribution in [1.82, 2.24) is 9.88 Å². The maximum atomic E-state index is 12.8. The summed E-state index contributed by atoms with van der Waals surface area (Å²) in [6.07, 6.45) is 5.31. The molecule has 29 heavy (non-hydrogen) atoms. The van der Waals surface area contributed by atoms with Gasteiger partial charge in [0.2, 0.25) is 0 Å². The van der Waals surface area contributed by atoms with Gasteiger partial charge in [-0.25, -0.2) is 0 Å². The highest BCUT2D eigenvalue weighted by Gasteiger charge is 2.26. The third-order valence-corrected chi connectivity index (χ3v) is 5.80. The number of ether oxygens (including phenoxy) is 1. The van der Waals surface area contributed by atoms with Crippen molar-refractivity contribution in [3.63, 3.8) is 0 Å². The van der Waals surface area contributed by atoms with E-state index in [-0.39, 0.29) is 5.91 Å². The zero-order valence-corrected chi connectivity index (χ0v) is 17.4. The Morgan fingerprint density at radius 1 is 1.10 bits per heavy atom. The zero-order chi connectivity index (χ0) is 20.2. The Labute approximate surface area is 176 Å². The van der Waals surface area contributed by atoms with Crippen molar-refractivity contribution in [3.8, 4) is 16.9 Å². The van der Waals surface area contributed by atoms with E-state index in [1.54, 1.807) is 6.20 Å². The number of aromatic nitrogens is 1. The second-order valence-electron chi connectivity index (χ2n) is 7.42. The third-order valence-electron chi connectivity index (χ3n) is 5.47. The topological polar surface area (TPSA) is 42.4 Å². The molecule has 5 heteroatoms. The van der Waals surface area contributed by atoms with Gasteiger partial charge in [0.25, 0.3) is 5.91 Å². The molecule has 0 bridgehead atoms. The Morgan fingerprint density at radius 2 is 1.90 bits per heavy atom. The number of hydrogen-bond donors (Lipinski definition) is 0. The average molecular weight is 409 g/mol. The highest BCUT2D eigenvalue weighted by molar-refractivity contribution is 6.33. The van der Waals surface area contributed by atoms with E-state index in [0.717, 1.165) is 48.0 Å². The van der Waals surface area contributed by atoms with E-state index in [9.17, 15) is 4.79 Å². The number of carbonyl (C=O) groups excluding carboxylic acids is 1. The van der Waals surface area contributed by atoms with Gasteiger partial charge in [-0.15, -0.1) is 0 Å². The van der Waals surface area contributed by atoms with Crippen LogP contribution in [0.3, 0.4) is 0 Å². The molecule has 3 aromatic rings. The van der Waals surface area contributed by atoms with Crippen LogP contribution in [-0.2, 0) is 4.79 Å². The summed E-state index contributed by atoms with van der Waals surface area (Å²) in [6, 6.07) is 15.6. The van der Waals surface area contributed by atoms with Gasteiger partial charge in [-0.1, -0.05) is 36.7 Å². The lowest BCUT2D eigenvalue weighted by atomic mass is 10.0. The average Bonchev–Trinajstić information content (AvgIpc) is 2.77. The minimum Gasteiger partial charge on any atom is -0.481 e. The summed E-state index contributed by atoms with van der Waals surface area (Å²) in [4.78, 5) is 19.3. The van der Waals surface area contributed by atoms with Gasteiger partial charge in [-0.2, -0.15) is 0 Å². The van der Waals surface area contributed by atoms with Gasteiger partial charge >= 0.3 is 0 Å². The first-order valence-corrected chi connectivity index (χ1v) is 10.6. The molecule has 2 aromatic carbocycles. The van der Waals surface area contributed by atoms with Crippen LogP contribution in [0.2, 0.25) is 5.02 Å². The van der Waals surface area contributed by atoms with Crippen LogP contribution in [0.1, 0.15) is 32.6 Å². The first-order valence-electron chi connectivity index (χ1n) is 10.3. The minimum atomic E-state index is -0.461. The summed E-state index contributed by atoms with van der Waals surface area (Å²) in [5.74, 6) is 0.753. The molecule has 1 atom stereocenters. The van der Waals surface area contributed by atoms with Crippen LogP contribution < -0.4 is 4.74 Å². The van der Waals surface area contributed by atoms with Crippen molar-refractivity contribution in [2.75, 3.05) is 13.1 Å². The number of likely N-dealkylation sites (tertiary alicyclic amines) is 1. The fourth-order valence-electron chi connectivity index (χ4n) is 3.91. The summed E-state index contributed by atoms with van der Waals surface area (Å²) >= 11 is 6.40. The van der Waals surface area contributed by atoms with Gasteiger partial charge < -0.3 is 9.64 Å². The first-order chi connectivity index (χ1) is 14.2. The summed E-state index contributed by atoms with van der Waals surface area (Å²) in [7, 11) is 0. The first kappa shape index (κ1) is 19.7. The molecule has 4 nitrogen and oxygen atoms in total. The molecule has 0 spiro atoms. The maximum absolute atomic E-state index is 12.8. The van der Waals surface area contributed by atoms with Crippen molar-refractivity contribution >= 4 is 28.4 Å². The molecule has 4 rings (SSSR count). The summed E-state index contributed by atoms with van der Waals surface area (Å²) < 4.78 is 6.10. The molecule has 1 aromatic heterocycles. The predicted molar refractivity (Wildman–Crippen MR) is 117 cm³/mol. The van der Waals surface area contributed by atoms with Crippen molar-refractivity contribution in [2.24, 2.45) is 0 Å². The van der Waals surface area contributed by atoms with Crippen molar-refractivity contribution in [3.05, 3.63) is 59.8 Å². The number of pyridine rings is 1. The van der Waals surface area contributed by atoms with Gasteiger partial charge in [0.15, 0.2) is 6.10 Å². The van der Waals surface area contributed by atoms with Crippen LogP contribution in [0, 0.1) is 0 Å². The molecule has 1 aliphatic heterocycles. The molecule has 1 fully saturated rings. The Kier molecular flexibility index (Phi) is 6.00. The van der Waals surface area contributed by atoms with Gasteiger partial charge in [0, 0.05) is 41.3 Å². The molecule has 1 unspecified atom stereocenters. The Bertz CT molecular complexity index is 1010. The van der Waals surface area contributed by atoms with E-state index in [1.165, 1.54) is 6.42 Å². The van der Waals surface area contributed by atoms with Gasteiger partial charge in [0.05, 0.1) is 5.52 Å². The normalized spacial score (nSPS) is 15.3. The second kappa shape index (κ2) is 8.83. The van der Waals surface area contributed by atoms with E-state index in [2.05, 4.69) is 4.98 Å². The molecular formula is C24H25ClN2O2. The molecule has 2 heterocycles. The number of nitrogens with zero attached hydrogens (tertiary/aromatic N) is 2. The van der Waals surface area contributed by atoms with Gasteiger partial charge in [0.1, 0.15) is 5.75 Å².